The molecule has 2 N–H and O–H groups in total. The van der Waals surface area contributed by atoms with Gasteiger partial charge in [0.15, 0.2) is 0 Å². The fraction of sp³-hybridized carbons (Fsp3) is 0.182. The van der Waals surface area contributed by atoms with Gasteiger partial charge in [-0.05, 0) is 56.3 Å². The average Bonchev–Trinajstić information content (AvgIpc) is 2.97. The van der Waals surface area contributed by atoms with Crippen molar-refractivity contribution in [3.63, 3.8) is 0 Å². The lowest BCUT2D eigenvalue weighted by Gasteiger charge is -2.11. The number of nitrogens with one attached hydrogen (secondary N) is 2. The molecular formula is C22H23N3O3. The Labute approximate surface area is 164 Å². The third-order valence-electron chi connectivity index (χ3n) is 4.45. The smallest absolute Gasteiger partial charge is 0.257 e. The van der Waals surface area contributed by atoms with Gasteiger partial charge in [0.05, 0.1) is 12.7 Å². The van der Waals surface area contributed by atoms with Crippen LogP contribution in [0.5, 0.6) is 5.75 Å². The summed E-state index contributed by atoms with van der Waals surface area (Å²) in [7, 11) is 1.63. The maximum Gasteiger partial charge on any atom is 0.257 e. The van der Waals surface area contributed by atoms with Gasteiger partial charge in [-0.1, -0.05) is 6.07 Å². The predicted octanol–water partition coefficient (Wildman–Crippen LogP) is 4.31. The first-order valence-corrected chi connectivity index (χ1v) is 8.91. The van der Waals surface area contributed by atoms with Gasteiger partial charge >= 0.3 is 0 Å². The summed E-state index contributed by atoms with van der Waals surface area (Å²) in [5.41, 5.74) is 4.68. The van der Waals surface area contributed by atoms with Crippen LogP contribution < -0.4 is 15.4 Å². The Hall–Kier alpha value is -3.54. The van der Waals surface area contributed by atoms with Gasteiger partial charge in [0, 0.05) is 41.4 Å². The summed E-state index contributed by atoms with van der Waals surface area (Å²) in [4.78, 5) is 23.9. The lowest BCUT2D eigenvalue weighted by molar-refractivity contribution is -0.114. The number of anilines is 2. The highest BCUT2D eigenvalue weighted by Crippen LogP contribution is 2.24. The van der Waals surface area contributed by atoms with Gasteiger partial charge in [-0.15, -0.1) is 0 Å². The Morgan fingerprint density at radius 1 is 0.929 bits per heavy atom. The molecule has 6 heteroatoms. The van der Waals surface area contributed by atoms with Crippen molar-refractivity contribution in [2.45, 2.75) is 20.8 Å². The van der Waals surface area contributed by atoms with Crippen LogP contribution >= 0.6 is 0 Å². The number of hydrogen-bond acceptors (Lipinski definition) is 3. The van der Waals surface area contributed by atoms with Crippen LogP contribution in [0.2, 0.25) is 0 Å². The van der Waals surface area contributed by atoms with Crippen molar-refractivity contribution < 1.29 is 14.3 Å². The molecule has 1 heterocycles. The minimum Gasteiger partial charge on any atom is -0.497 e. The van der Waals surface area contributed by atoms with Gasteiger partial charge in [-0.2, -0.15) is 0 Å². The van der Waals surface area contributed by atoms with Crippen LogP contribution in [0, 0.1) is 13.8 Å². The van der Waals surface area contributed by atoms with Crippen LogP contribution in [0.15, 0.2) is 54.6 Å². The molecule has 0 saturated heterocycles. The van der Waals surface area contributed by atoms with E-state index in [4.69, 9.17) is 4.74 Å². The number of rotatable bonds is 5. The second-order valence-corrected chi connectivity index (χ2v) is 6.53. The summed E-state index contributed by atoms with van der Waals surface area (Å²) in [6, 6.07) is 16.6. The Balaban J connectivity index is 1.84. The van der Waals surface area contributed by atoms with Gasteiger partial charge < -0.3 is 19.9 Å². The molecule has 0 radical (unpaired) electrons. The summed E-state index contributed by atoms with van der Waals surface area (Å²) < 4.78 is 7.33. The highest BCUT2D eigenvalue weighted by Gasteiger charge is 2.17. The van der Waals surface area contributed by atoms with E-state index in [1.807, 2.05) is 48.7 Å². The number of amides is 2. The normalized spacial score (nSPS) is 10.4. The molecule has 1 aromatic heterocycles. The molecule has 0 aliphatic carbocycles. The summed E-state index contributed by atoms with van der Waals surface area (Å²) in [6.07, 6.45) is 0. The van der Waals surface area contributed by atoms with Crippen molar-refractivity contribution in [1.29, 1.82) is 0 Å². The monoisotopic (exact) mass is 377 g/mol. The first kappa shape index (κ1) is 19.2. The zero-order valence-electron chi connectivity index (χ0n) is 16.4. The molecule has 0 aliphatic rings. The number of ether oxygens (including phenoxy) is 1. The minimum atomic E-state index is -0.186. The number of benzene rings is 2. The molecule has 0 bridgehead atoms. The predicted molar refractivity (Wildman–Crippen MR) is 110 cm³/mol. The third kappa shape index (κ3) is 4.06. The van der Waals surface area contributed by atoms with E-state index in [0.717, 1.165) is 22.8 Å². The summed E-state index contributed by atoms with van der Waals surface area (Å²) in [6.45, 7) is 5.33. The Morgan fingerprint density at radius 3 is 2.18 bits per heavy atom. The molecule has 3 aromatic rings. The number of aromatic nitrogens is 1. The van der Waals surface area contributed by atoms with Crippen molar-refractivity contribution in [1.82, 2.24) is 4.57 Å². The van der Waals surface area contributed by atoms with Crippen molar-refractivity contribution in [2.24, 2.45) is 0 Å². The molecule has 2 aromatic carbocycles. The van der Waals surface area contributed by atoms with Crippen LogP contribution in [0.4, 0.5) is 11.4 Å². The lowest BCUT2D eigenvalue weighted by atomic mass is 10.2. The van der Waals surface area contributed by atoms with Crippen LogP contribution in [-0.2, 0) is 4.79 Å². The molecule has 28 heavy (non-hydrogen) atoms. The average molecular weight is 377 g/mol. The van der Waals surface area contributed by atoms with Crippen molar-refractivity contribution in [3.05, 3.63) is 71.5 Å². The number of carbonyl (C=O) groups excluding carboxylic acids is 2. The van der Waals surface area contributed by atoms with E-state index in [1.165, 1.54) is 6.92 Å². The standard InChI is InChI=1S/C22H23N3O3/c1-14-12-21(15(2)25(14)19-6-5-7-20(13-19)28-4)22(27)24-18-10-8-17(9-11-18)23-16(3)26/h5-13H,1-4H3,(H,23,26)(H,24,27). The SMILES string of the molecule is COc1cccc(-n2c(C)cc(C(=O)Nc3ccc(NC(C)=O)cc3)c2C)c1. The first-order valence-electron chi connectivity index (χ1n) is 8.91. The zero-order valence-corrected chi connectivity index (χ0v) is 16.4. The lowest BCUT2D eigenvalue weighted by Crippen LogP contribution is -2.13. The molecule has 144 valence electrons. The summed E-state index contributed by atoms with van der Waals surface area (Å²) in [5.74, 6) is 0.437. The van der Waals surface area contributed by atoms with Crippen LogP contribution in [-0.4, -0.2) is 23.5 Å². The number of carbonyl (C=O) groups is 2. The van der Waals surface area contributed by atoms with Gasteiger partial charge in [0.1, 0.15) is 5.75 Å². The van der Waals surface area contributed by atoms with E-state index in [-0.39, 0.29) is 11.8 Å². The van der Waals surface area contributed by atoms with E-state index < -0.39 is 0 Å². The molecular weight excluding hydrogens is 354 g/mol. The topological polar surface area (TPSA) is 72.4 Å². The highest BCUT2D eigenvalue weighted by molar-refractivity contribution is 6.05. The quantitative estimate of drug-likeness (QED) is 0.696. The van der Waals surface area contributed by atoms with Crippen LogP contribution in [0.25, 0.3) is 5.69 Å². The first-order chi connectivity index (χ1) is 13.4. The number of methoxy groups -OCH3 is 1. The fourth-order valence-corrected chi connectivity index (χ4v) is 3.18. The largest absolute Gasteiger partial charge is 0.497 e. The van der Waals surface area contributed by atoms with Crippen molar-refractivity contribution >= 4 is 23.2 Å². The van der Waals surface area contributed by atoms with E-state index >= 15 is 0 Å². The third-order valence-corrected chi connectivity index (χ3v) is 4.45. The van der Waals surface area contributed by atoms with Crippen molar-refractivity contribution in [3.8, 4) is 11.4 Å². The Bertz CT molecular complexity index is 1020. The molecule has 3 rings (SSSR count). The Kier molecular flexibility index (Phi) is 5.49. The molecule has 0 aliphatic heterocycles. The van der Waals surface area contributed by atoms with Gasteiger partial charge in [-0.3, -0.25) is 9.59 Å². The van der Waals surface area contributed by atoms with Gasteiger partial charge in [0.2, 0.25) is 5.91 Å². The Morgan fingerprint density at radius 2 is 1.57 bits per heavy atom. The second kappa shape index (κ2) is 8.00. The maximum atomic E-state index is 12.8. The highest BCUT2D eigenvalue weighted by atomic mass is 16.5. The van der Waals surface area contributed by atoms with E-state index in [2.05, 4.69) is 10.6 Å². The molecule has 0 fully saturated rings. The van der Waals surface area contributed by atoms with Crippen molar-refractivity contribution in [2.75, 3.05) is 17.7 Å². The molecule has 0 spiro atoms. The molecule has 0 atom stereocenters. The van der Waals surface area contributed by atoms with Crippen LogP contribution in [0.3, 0.4) is 0 Å². The molecule has 0 unspecified atom stereocenters. The number of aryl methyl sites for hydroxylation is 1. The summed E-state index contributed by atoms with van der Waals surface area (Å²) in [5, 5.41) is 5.60. The second-order valence-electron chi connectivity index (χ2n) is 6.53. The van der Waals surface area contributed by atoms with Gasteiger partial charge in [-0.25, -0.2) is 0 Å². The van der Waals surface area contributed by atoms with Gasteiger partial charge in [0.25, 0.3) is 5.91 Å². The zero-order chi connectivity index (χ0) is 20.3. The summed E-state index contributed by atoms with van der Waals surface area (Å²) >= 11 is 0. The number of hydrogen-bond donors (Lipinski definition) is 2. The van der Waals surface area contributed by atoms with Crippen LogP contribution in [0.1, 0.15) is 28.7 Å². The minimum absolute atomic E-state index is 0.137. The van der Waals surface area contributed by atoms with E-state index in [9.17, 15) is 9.59 Å². The molecule has 2 amide bonds. The maximum absolute atomic E-state index is 12.8. The fourth-order valence-electron chi connectivity index (χ4n) is 3.18. The molecule has 0 saturated carbocycles. The molecule has 6 nitrogen and oxygen atoms in total. The van der Waals surface area contributed by atoms with E-state index in [0.29, 0.717) is 16.9 Å². The van der Waals surface area contributed by atoms with E-state index in [1.54, 1.807) is 31.4 Å². The number of nitrogens with zero attached hydrogens (tertiary/aromatic N) is 1.